The van der Waals surface area contributed by atoms with E-state index in [1.54, 1.807) is 17.2 Å². The van der Waals surface area contributed by atoms with Gasteiger partial charge in [-0.3, -0.25) is 20.1 Å². The molecule has 11 heteroatoms. The van der Waals surface area contributed by atoms with E-state index in [0.29, 0.717) is 36.6 Å². The lowest BCUT2D eigenvalue weighted by Crippen LogP contribution is -2.39. The fourth-order valence-electron chi connectivity index (χ4n) is 3.49. The maximum absolute atomic E-state index is 12.3. The number of nitro groups is 1. The molecule has 3 aromatic rings. The van der Waals surface area contributed by atoms with Crippen molar-refractivity contribution in [3.8, 4) is 11.3 Å². The van der Waals surface area contributed by atoms with E-state index >= 15 is 0 Å². The zero-order valence-electron chi connectivity index (χ0n) is 19.6. The Labute approximate surface area is 202 Å². The van der Waals surface area contributed by atoms with E-state index < -0.39 is 10.5 Å². The minimum atomic E-state index is -0.553. The van der Waals surface area contributed by atoms with Crippen molar-refractivity contribution in [2.45, 2.75) is 32.8 Å². The molecule has 0 aliphatic carbocycles. The summed E-state index contributed by atoms with van der Waals surface area (Å²) in [5, 5.41) is 14.5. The summed E-state index contributed by atoms with van der Waals surface area (Å²) in [6, 6.07) is 6.35. The van der Waals surface area contributed by atoms with Gasteiger partial charge in [0.15, 0.2) is 0 Å². The molecule has 0 fully saturated rings. The molecule has 0 bridgehead atoms. The Hall–Kier alpha value is -4.41. The lowest BCUT2D eigenvalue weighted by Gasteiger charge is -2.29. The lowest BCUT2D eigenvalue weighted by molar-refractivity contribution is -0.384. The van der Waals surface area contributed by atoms with E-state index in [1.807, 2.05) is 32.9 Å². The summed E-state index contributed by atoms with van der Waals surface area (Å²) >= 11 is 0. The van der Waals surface area contributed by atoms with Gasteiger partial charge in [0.2, 0.25) is 0 Å². The largest absolute Gasteiger partial charge is 0.444 e. The van der Waals surface area contributed by atoms with Crippen molar-refractivity contribution in [3.05, 3.63) is 70.9 Å². The predicted molar refractivity (Wildman–Crippen MR) is 130 cm³/mol. The molecule has 0 radical (unpaired) electrons. The number of nitrogens with zero attached hydrogens (tertiary/aromatic N) is 6. The van der Waals surface area contributed by atoms with Crippen LogP contribution in [0.15, 0.2) is 55.1 Å². The highest BCUT2D eigenvalue weighted by atomic mass is 16.6. The summed E-state index contributed by atoms with van der Waals surface area (Å²) < 4.78 is 5.44. The maximum atomic E-state index is 12.3. The highest BCUT2D eigenvalue weighted by molar-refractivity contribution is 5.74. The SMILES string of the molecule is CC(C)(C)OC(=O)N1CC=C(c2cc(-c3cc([N+](=O)[O-])cc(Nc4cnccn4)n3)ccn2)CC1. The number of pyridine rings is 2. The zero-order chi connectivity index (χ0) is 25.0. The molecule has 1 amide bonds. The standard InChI is InChI=1S/C24H25N7O4/c1-24(2,3)35-23(32)30-10-5-16(6-11-30)19-12-17(4-7-26-19)20-13-18(31(33)34)14-21(28-20)29-22-15-25-8-9-27-22/h4-5,7-9,12-15H,6,10-11H2,1-3H3,(H,27,28,29). The molecule has 1 aliphatic heterocycles. The van der Waals surface area contributed by atoms with Gasteiger partial charge in [-0.05, 0) is 44.9 Å². The molecular formula is C24H25N7O4. The van der Waals surface area contributed by atoms with E-state index in [9.17, 15) is 14.9 Å². The van der Waals surface area contributed by atoms with Crippen LogP contribution in [0.4, 0.5) is 22.1 Å². The number of carbonyl (C=O) groups is 1. The number of hydrogen-bond acceptors (Lipinski definition) is 9. The molecule has 35 heavy (non-hydrogen) atoms. The van der Waals surface area contributed by atoms with E-state index in [0.717, 1.165) is 11.3 Å². The molecule has 3 aromatic heterocycles. The van der Waals surface area contributed by atoms with Gasteiger partial charge in [-0.25, -0.2) is 14.8 Å². The molecule has 0 unspecified atom stereocenters. The monoisotopic (exact) mass is 475 g/mol. The number of aromatic nitrogens is 4. The molecule has 11 nitrogen and oxygen atoms in total. The van der Waals surface area contributed by atoms with Crippen LogP contribution in [0.3, 0.4) is 0 Å². The van der Waals surface area contributed by atoms with Crippen molar-refractivity contribution in [1.29, 1.82) is 0 Å². The van der Waals surface area contributed by atoms with Crippen molar-refractivity contribution in [1.82, 2.24) is 24.8 Å². The van der Waals surface area contributed by atoms with Crippen LogP contribution in [-0.2, 0) is 4.74 Å². The van der Waals surface area contributed by atoms with Gasteiger partial charge in [-0.1, -0.05) is 6.08 Å². The summed E-state index contributed by atoms with van der Waals surface area (Å²) in [5.74, 6) is 0.696. The Morgan fingerprint density at radius 2 is 1.94 bits per heavy atom. The Morgan fingerprint density at radius 1 is 1.11 bits per heavy atom. The molecule has 1 N–H and O–H groups in total. The van der Waals surface area contributed by atoms with Gasteiger partial charge in [-0.15, -0.1) is 0 Å². The maximum Gasteiger partial charge on any atom is 0.410 e. The first-order valence-corrected chi connectivity index (χ1v) is 11.0. The van der Waals surface area contributed by atoms with Crippen LogP contribution >= 0.6 is 0 Å². The summed E-state index contributed by atoms with van der Waals surface area (Å²) in [7, 11) is 0. The second-order valence-electron chi connectivity index (χ2n) is 8.90. The topological polar surface area (TPSA) is 136 Å². The van der Waals surface area contributed by atoms with E-state index in [-0.39, 0.29) is 17.6 Å². The molecule has 0 atom stereocenters. The second kappa shape index (κ2) is 9.84. The summed E-state index contributed by atoms with van der Waals surface area (Å²) in [5.41, 5.74) is 2.14. The van der Waals surface area contributed by atoms with Gasteiger partial charge in [0, 0.05) is 43.3 Å². The first-order chi connectivity index (χ1) is 16.7. The Kier molecular flexibility index (Phi) is 6.67. The Morgan fingerprint density at radius 3 is 2.60 bits per heavy atom. The van der Waals surface area contributed by atoms with E-state index in [2.05, 4.69) is 25.3 Å². The molecular weight excluding hydrogens is 450 g/mol. The van der Waals surface area contributed by atoms with Crippen LogP contribution in [0.5, 0.6) is 0 Å². The van der Waals surface area contributed by atoms with Crippen LogP contribution in [0.25, 0.3) is 16.8 Å². The van der Waals surface area contributed by atoms with Gasteiger partial charge in [-0.2, -0.15) is 0 Å². The Balaban J connectivity index is 1.58. The number of rotatable bonds is 5. The van der Waals surface area contributed by atoms with Gasteiger partial charge in [0.25, 0.3) is 5.69 Å². The molecule has 0 spiro atoms. The molecule has 4 rings (SSSR count). The summed E-state index contributed by atoms with van der Waals surface area (Å²) in [6.45, 7) is 6.43. The first kappa shape index (κ1) is 23.7. The molecule has 0 aromatic carbocycles. The van der Waals surface area contributed by atoms with Gasteiger partial charge in [0.05, 0.1) is 28.6 Å². The van der Waals surface area contributed by atoms with Crippen molar-refractivity contribution in [3.63, 3.8) is 0 Å². The van der Waals surface area contributed by atoms with Crippen LogP contribution in [0.1, 0.15) is 32.9 Å². The molecule has 0 saturated heterocycles. The number of ether oxygens (including phenoxy) is 1. The fourth-order valence-corrected chi connectivity index (χ4v) is 3.49. The highest BCUT2D eigenvalue weighted by Crippen LogP contribution is 2.29. The van der Waals surface area contributed by atoms with Gasteiger partial charge < -0.3 is 15.0 Å². The van der Waals surface area contributed by atoms with E-state index in [1.165, 1.54) is 30.7 Å². The minimum absolute atomic E-state index is 0.107. The molecule has 0 saturated carbocycles. The predicted octanol–water partition coefficient (Wildman–Crippen LogP) is 4.61. The van der Waals surface area contributed by atoms with Crippen molar-refractivity contribution in [2.75, 3.05) is 18.4 Å². The number of nitrogens with one attached hydrogen (secondary N) is 1. The second-order valence-corrected chi connectivity index (χ2v) is 8.90. The fraction of sp³-hybridized carbons (Fsp3) is 0.292. The van der Waals surface area contributed by atoms with Gasteiger partial charge in [0.1, 0.15) is 17.2 Å². The minimum Gasteiger partial charge on any atom is -0.444 e. The zero-order valence-corrected chi connectivity index (χ0v) is 19.6. The molecule has 1 aliphatic rings. The number of anilines is 2. The average Bonchev–Trinajstić information content (AvgIpc) is 2.83. The van der Waals surface area contributed by atoms with Crippen LogP contribution in [0, 0.1) is 10.1 Å². The summed E-state index contributed by atoms with van der Waals surface area (Å²) in [6.07, 6.45) is 8.39. The third-order valence-electron chi connectivity index (χ3n) is 5.09. The van der Waals surface area contributed by atoms with Crippen molar-refractivity contribution in [2.24, 2.45) is 0 Å². The number of carbonyl (C=O) groups excluding carboxylic acids is 1. The number of hydrogen-bond donors (Lipinski definition) is 1. The third kappa shape index (κ3) is 6.14. The number of amides is 1. The quantitative estimate of drug-likeness (QED) is 0.414. The highest BCUT2D eigenvalue weighted by Gasteiger charge is 2.24. The van der Waals surface area contributed by atoms with Crippen LogP contribution in [-0.4, -0.2) is 54.5 Å². The smallest absolute Gasteiger partial charge is 0.410 e. The average molecular weight is 476 g/mol. The molecule has 4 heterocycles. The first-order valence-electron chi connectivity index (χ1n) is 11.0. The van der Waals surface area contributed by atoms with Gasteiger partial charge >= 0.3 is 6.09 Å². The normalized spacial score (nSPS) is 13.7. The third-order valence-corrected chi connectivity index (χ3v) is 5.09. The van der Waals surface area contributed by atoms with Crippen LogP contribution < -0.4 is 5.32 Å². The van der Waals surface area contributed by atoms with Crippen molar-refractivity contribution >= 4 is 29.0 Å². The van der Waals surface area contributed by atoms with Crippen molar-refractivity contribution < 1.29 is 14.5 Å². The molecule has 180 valence electrons. The van der Waals surface area contributed by atoms with Crippen LogP contribution in [0.2, 0.25) is 0 Å². The Bertz CT molecular complexity index is 1270. The summed E-state index contributed by atoms with van der Waals surface area (Å²) in [4.78, 5) is 42.1. The van der Waals surface area contributed by atoms with E-state index in [4.69, 9.17) is 4.74 Å². The lowest BCUT2D eigenvalue weighted by atomic mass is 10.0.